The van der Waals surface area contributed by atoms with Crippen LogP contribution in [-0.4, -0.2) is 11.2 Å². The molecule has 8 atom stereocenters. The lowest BCUT2D eigenvalue weighted by atomic mass is 9.50. The van der Waals surface area contributed by atoms with Crippen molar-refractivity contribution in [2.45, 2.75) is 105 Å². The molecule has 1 heteroatoms. The first-order valence-corrected chi connectivity index (χ1v) is 12.8. The zero-order valence-electron chi connectivity index (χ0n) is 20.0. The van der Waals surface area contributed by atoms with E-state index in [9.17, 15) is 5.11 Å². The number of fused-ring (bicyclic) bond motifs is 4. The quantitative estimate of drug-likeness (QED) is 0.484. The summed E-state index contributed by atoms with van der Waals surface area (Å²) in [4.78, 5) is 0. The maximum atomic E-state index is 10.2. The maximum absolute atomic E-state index is 10.2. The normalized spacial score (nSPS) is 44.6. The first-order chi connectivity index (χ1) is 13.7. The van der Waals surface area contributed by atoms with Crippen LogP contribution >= 0.6 is 0 Å². The van der Waals surface area contributed by atoms with Crippen LogP contribution in [0.25, 0.3) is 0 Å². The molecule has 0 amide bonds. The molecule has 0 spiro atoms. The highest BCUT2D eigenvalue weighted by atomic mass is 16.3. The molecule has 0 aromatic rings. The minimum Gasteiger partial charge on any atom is -0.393 e. The van der Waals surface area contributed by atoms with Gasteiger partial charge < -0.3 is 5.11 Å². The van der Waals surface area contributed by atoms with Gasteiger partial charge >= 0.3 is 0 Å². The summed E-state index contributed by atoms with van der Waals surface area (Å²) in [7, 11) is 0. The van der Waals surface area contributed by atoms with E-state index in [4.69, 9.17) is 0 Å². The zero-order valence-corrected chi connectivity index (χ0v) is 20.0. The van der Waals surface area contributed by atoms with Crippen molar-refractivity contribution in [3.8, 4) is 0 Å². The standard InChI is InChI=1S/C28H46O/c1-18(2)19(3)7-8-20(4)24-11-12-25-23-10-9-21-17-22(29)13-15-27(21,5)26(23)14-16-28(24,25)6/h7-8,18-22,24-25,29H,9-17H2,1-6H3/t19-,20+,21-,22-,24+,25-,27-,28+/m0/s1. The Labute approximate surface area is 180 Å². The summed E-state index contributed by atoms with van der Waals surface area (Å²) in [5, 5.41) is 10.2. The minimum absolute atomic E-state index is 0.0409. The van der Waals surface area contributed by atoms with Crippen molar-refractivity contribution in [2.24, 2.45) is 46.3 Å². The third-order valence-electron chi connectivity index (χ3n) is 10.4. The monoisotopic (exact) mass is 398 g/mol. The van der Waals surface area contributed by atoms with Crippen LogP contribution in [0.15, 0.2) is 23.3 Å². The Bertz CT molecular complexity index is 672. The fraction of sp³-hybridized carbons (Fsp3) is 0.857. The van der Waals surface area contributed by atoms with Crippen molar-refractivity contribution in [3.05, 3.63) is 23.3 Å². The molecule has 0 heterocycles. The second kappa shape index (κ2) is 7.85. The largest absolute Gasteiger partial charge is 0.393 e. The summed E-state index contributed by atoms with van der Waals surface area (Å²) < 4.78 is 0. The van der Waals surface area contributed by atoms with E-state index >= 15 is 0 Å². The van der Waals surface area contributed by atoms with Crippen molar-refractivity contribution in [1.29, 1.82) is 0 Å². The maximum Gasteiger partial charge on any atom is 0.0543 e. The number of allylic oxidation sites excluding steroid dienone is 4. The topological polar surface area (TPSA) is 20.2 Å². The second-order valence-corrected chi connectivity index (χ2v) is 12.2. The van der Waals surface area contributed by atoms with Crippen molar-refractivity contribution < 1.29 is 5.11 Å². The van der Waals surface area contributed by atoms with E-state index < -0.39 is 0 Å². The van der Waals surface area contributed by atoms with Crippen molar-refractivity contribution >= 4 is 0 Å². The Morgan fingerprint density at radius 1 is 0.931 bits per heavy atom. The molecule has 2 saturated carbocycles. The van der Waals surface area contributed by atoms with Gasteiger partial charge in [-0.25, -0.2) is 0 Å². The highest BCUT2D eigenvalue weighted by Crippen LogP contribution is 2.65. The predicted molar refractivity (Wildman–Crippen MR) is 124 cm³/mol. The smallest absolute Gasteiger partial charge is 0.0543 e. The van der Waals surface area contributed by atoms with Gasteiger partial charge in [0.15, 0.2) is 0 Å². The number of hydrogen-bond donors (Lipinski definition) is 1. The van der Waals surface area contributed by atoms with Crippen LogP contribution in [0.5, 0.6) is 0 Å². The van der Waals surface area contributed by atoms with Gasteiger partial charge in [-0.3, -0.25) is 0 Å². The van der Waals surface area contributed by atoms with Crippen molar-refractivity contribution in [3.63, 3.8) is 0 Å². The summed E-state index contributed by atoms with van der Waals surface area (Å²) in [5.74, 6) is 4.52. The van der Waals surface area contributed by atoms with Gasteiger partial charge in [-0.15, -0.1) is 0 Å². The third kappa shape index (κ3) is 3.58. The Hall–Kier alpha value is -0.560. The molecule has 0 bridgehead atoms. The Balaban J connectivity index is 1.56. The Kier molecular flexibility index (Phi) is 5.86. The van der Waals surface area contributed by atoms with Crippen molar-refractivity contribution in [2.75, 3.05) is 0 Å². The highest BCUT2D eigenvalue weighted by molar-refractivity contribution is 5.34. The molecule has 0 saturated heterocycles. The lowest BCUT2D eigenvalue weighted by Gasteiger charge is -2.55. The van der Waals surface area contributed by atoms with E-state index in [2.05, 4.69) is 53.7 Å². The van der Waals surface area contributed by atoms with Crippen molar-refractivity contribution in [1.82, 2.24) is 0 Å². The average Bonchev–Trinajstić information content (AvgIpc) is 3.03. The number of aliphatic hydroxyl groups excluding tert-OH is 1. The molecule has 1 nitrogen and oxygen atoms in total. The van der Waals surface area contributed by atoms with E-state index in [-0.39, 0.29) is 6.10 Å². The van der Waals surface area contributed by atoms with Gasteiger partial charge in [0.05, 0.1) is 6.10 Å². The Morgan fingerprint density at radius 3 is 2.41 bits per heavy atom. The summed E-state index contributed by atoms with van der Waals surface area (Å²) in [6.45, 7) is 14.7. The van der Waals surface area contributed by atoms with E-state index in [0.717, 1.165) is 36.5 Å². The molecule has 0 aromatic carbocycles. The zero-order chi connectivity index (χ0) is 21.0. The molecule has 0 radical (unpaired) electrons. The molecule has 0 aromatic heterocycles. The minimum atomic E-state index is -0.0409. The summed E-state index contributed by atoms with van der Waals surface area (Å²) in [6.07, 6.45) is 16.5. The van der Waals surface area contributed by atoms with Gasteiger partial charge in [0.2, 0.25) is 0 Å². The van der Waals surface area contributed by atoms with Crippen LogP contribution in [0, 0.1) is 46.3 Å². The lowest BCUT2D eigenvalue weighted by molar-refractivity contribution is 0.0145. The van der Waals surface area contributed by atoms with Gasteiger partial charge in [0.1, 0.15) is 0 Å². The molecule has 0 unspecified atom stereocenters. The first kappa shape index (κ1) is 21.7. The lowest BCUT2D eigenvalue weighted by Crippen LogP contribution is -2.45. The molecule has 4 aliphatic carbocycles. The SMILES string of the molecule is CC(C)[C@@H](C)C=C[C@@H](C)[C@H]1CC[C@H]2C3=C(CC[C@]12C)[C@@]1(C)CC[C@H](O)C[C@@H]1CC3. The fourth-order valence-electron chi connectivity index (χ4n) is 8.05. The van der Waals surface area contributed by atoms with Gasteiger partial charge in [0.25, 0.3) is 0 Å². The fourth-order valence-corrected chi connectivity index (χ4v) is 8.05. The molecule has 2 fully saturated rings. The molecule has 164 valence electrons. The van der Waals surface area contributed by atoms with Crippen LogP contribution in [0.2, 0.25) is 0 Å². The van der Waals surface area contributed by atoms with Crippen LogP contribution in [0.3, 0.4) is 0 Å². The summed E-state index contributed by atoms with van der Waals surface area (Å²) in [6, 6.07) is 0. The van der Waals surface area contributed by atoms with Crippen LogP contribution < -0.4 is 0 Å². The molecular weight excluding hydrogens is 352 g/mol. The van der Waals surface area contributed by atoms with E-state index in [1.807, 2.05) is 11.1 Å². The molecule has 4 aliphatic rings. The highest BCUT2D eigenvalue weighted by Gasteiger charge is 2.55. The second-order valence-electron chi connectivity index (χ2n) is 12.2. The average molecular weight is 399 g/mol. The number of aliphatic hydroxyl groups is 1. The molecular formula is C28H46O. The van der Waals surface area contributed by atoms with Gasteiger partial charge in [0, 0.05) is 0 Å². The Morgan fingerprint density at radius 2 is 1.69 bits per heavy atom. The predicted octanol–water partition coefficient (Wildman–Crippen LogP) is 7.55. The van der Waals surface area contributed by atoms with Crippen LogP contribution in [0.1, 0.15) is 99.3 Å². The van der Waals surface area contributed by atoms with Gasteiger partial charge in [-0.2, -0.15) is 0 Å². The first-order valence-electron chi connectivity index (χ1n) is 12.8. The molecule has 4 rings (SSSR count). The molecule has 1 N–H and O–H groups in total. The number of hydrogen-bond acceptors (Lipinski definition) is 1. The van der Waals surface area contributed by atoms with Crippen LogP contribution in [0.4, 0.5) is 0 Å². The number of rotatable bonds is 4. The van der Waals surface area contributed by atoms with Gasteiger partial charge in [-0.1, -0.05) is 64.8 Å². The molecule has 29 heavy (non-hydrogen) atoms. The third-order valence-corrected chi connectivity index (χ3v) is 10.4. The summed E-state index contributed by atoms with van der Waals surface area (Å²) in [5.41, 5.74) is 4.65. The summed E-state index contributed by atoms with van der Waals surface area (Å²) >= 11 is 0. The van der Waals surface area contributed by atoms with Crippen LogP contribution in [-0.2, 0) is 0 Å². The van der Waals surface area contributed by atoms with Gasteiger partial charge in [-0.05, 0) is 104 Å². The van der Waals surface area contributed by atoms with E-state index in [1.54, 1.807) is 0 Å². The van der Waals surface area contributed by atoms with E-state index in [1.165, 1.54) is 44.9 Å². The molecule has 0 aliphatic heterocycles. The van der Waals surface area contributed by atoms with E-state index in [0.29, 0.717) is 22.7 Å².